The zero-order valence-corrected chi connectivity index (χ0v) is 8.26. The fraction of sp³-hybridized carbons (Fsp3) is 0.154. The van der Waals surface area contributed by atoms with Crippen LogP contribution in [-0.2, 0) is 4.84 Å². The fourth-order valence-electron chi connectivity index (χ4n) is 1.90. The molecule has 0 saturated heterocycles. The quantitative estimate of drug-likeness (QED) is 0.687. The Morgan fingerprint density at radius 3 is 2.73 bits per heavy atom. The lowest BCUT2D eigenvalue weighted by Crippen LogP contribution is -1.95. The topological polar surface area (TPSA) is 21.6 Å². The van der Waals surface area contributed by atoms with Crippen LogP contribution in [0.25, 0.3) is 10.8 Å². The van der Waals surface area contributed by atoms with E-state index < -0.39 is 0 Å². The molecule has 2 nitrogen and oxygen atoms in total. The lowest BCUT2D eigenvalue weighted by atomic mass is 10.0. The van der Waals surface area contributed by atoms with E-state index in [2.05, 4.69) is 47.6 Å². The standard InChI is InChI=1S/C13H11NO/c1-2-4-11-9-12(6-5-10(11)3-1)13-7-8-14-15-13/h1-6,8-9,13H,7H2. The summed E-state index contributed by atoms with van der Waals surface area (Å²) in [6.45, 7) is 0. The van der Waals surface area contributed by atoms with Crippen LogP contribution in [0.3, 0.4) is 0 Å². The zero-order chi connectivity index (χ0) is 10.1. The summed E-state index contributed by atoms with van der Waals surface area (Å²) in [4.78, 5) is 5.26. The second kappa shape index (κ2) is 3.39. The maximum absolute atomic E-state index is 5.26. The lowest BCUT2D eigenvalue weighted by molar-refractivity contribution is 0.0859. The van der Waals surface area contributed by atoms with Gasteiger partial charge in [-0.1, -0.05) is 41.6 Å². The van der Waals surface area contributed by atoms with Gasteiger partial charge < -0.3 is 4.84 Å². The first-order chi connectivity index (χ1) is 7.43. The highest BCUT2D eigenvalue weighted by molar-refractivity contribution is 5.83. The molecule has 1 aliphatic rings. The molecule has 1 heterocycles. The largest absolute Gasteiger partial charge is 0.388 e. The molecule has 0 fully saturated rings. The average Bonchev–Trinajstić information content (AvgIpc) is 2.82. The normalized spacial score (nSPS) is 19.3. The van der Waals surface area contributed by atoms with Crippen molar-refractivity contribution in [2.45, 2.75) is 12.5 Å². The molecular weight excluding hydrogens is 186 g/mol. The van der Waals surface area contributed by atoms with Crippen molar-refractivity contribution in [3.63, 3.8) is 0 Å². The Hall–Kier alpha value is -1.83. The number of benzene rings is 2. The highest BCUT2D eigenvalue weighted by atomic mass is 16.6. The van der Waals surface area contributed by atoms with Crippen LogP contribution in [0.5, 0.6) is 0 Å². The average molecular weight is 197 g/mol. The Labute approximate surface area is 88.2 Å². The summed E-state index contributed by atoms with van der Waals surface area (Å²) >= 11 is 0. The minimum atomic E-state index is 0.106. The summed E-state index contributed by atoms with van der Waals surface area (Å²) in [5.74, 6) is 0. The van der Waals surface area contributed by atoms with Crippen LogP contribution in [0, 0.1) is 0 Å². The first-order valence-electron chi connectivity index (χ1n) is 5.10. The molecule has 1 unspecified atom stereocenters. The summed E-state index contributed by atoms with van der Waals surface area (Å²) in [7, 11) is 0. The van der Waals surface area contributed by atoms with Crippen molar-refractivity contribution in [3.8, 4) is 0 Å². The van der Waals surface area contributed by atoms with E-state index in [4.69, 9.17) is 4.84 Å². The zero-order valence-electron chi connectivity index (χ0n) is 8.26. The van der Waals surface area contributed by atoms with Crippen molar-refractivity contribution in [3.05, 3.63) is 48.0 Å². The molecule has 2 aromatic carbocycles. The van der Waals surface area contributed by atoms with E-state index in [1.54, 1.807) is 0 Å². The first-order valence-corrected chi connectivity index (χ1v) is 5.10. The summed E-state index contributed by atoms with van der Waals surface area (Å²) in [6, 6.07) is 14.8. The molecule has 0 aliphatic carbocycles. The second-order valence-corrected chi connectivity index (χ2v) is 3.72. The molecule has 0 N–H and O–H groups in total. The van der Waals surface area contributed by atoms with Gasteiger partial charge in [0.1, 0.15) is 0 Å². The Kier molecular flexibility index (Phi) is 1.91. The molecule has 0 amide bonds. The summed E-state index contributed by atoms with van der Waals surface area (Å²) in [6.07, 6.45) is 2.80. The predicted molar refractivity (Wildman–Crippen MR) is 60.9 cm³/mol. The van der Waals surface area contributed by atoms with Gasteiger partial charge >= 0.3 is 0 Å². The van der Waals surface area contributed by atoms with Gasteiger partial charge in [-0.3, -0.25) is 0 Å². The maximum atomic E-state index is 5.26. The van der Waals surface area contributed by atoms with Gasteiger partial charge in [-0.2, -0.15) is 0 Å². The van der Waals surface area contributed by atoms with Crippen LogP contribution < -0.4 is 0 Å². The van der Waals surface area contributed by atoms with Crippen LogP contribution >= 0.6 is 0 Å². The van der Waals surface area contributed by atoms with Crippen LogP contribution in [0.2, 0.25) is 0 Å². The van der Waals surface area contributed by atoms with Gasteiger partial charge in [-0.15, -0.1) is 0 Å². The molecule has 1 atom stereocenters. The number of hydrogen-bond donors (Lipinski definition) is 0. The molecule has 0 bridgehead atoms. The van der Waals surface area contributed by atoms with Crippen molar-refractivity contribution >= 4 is 17.0 Å². The first kappa shape index (κ1) is 8.48. The van der Waals surface area contributed by atoms with Crippen LogP contribution in [0.4, 0.5) is 0 Å². The van der Waals surface area contributed by atoms with Crippen molar-refractivity contribution < 1.29 is 4.84 Å². The van der Waals surface area contributed by atoms with Crippen molar-refractivity contribution in [1.29, 1.82) is 0 Å². The molecule has 0 spiro atoms. The Morgan fingerprint density at radius 1 is 1.07 bits per heavy atom. The number of fused-ring (bicyclic) bond motifs is 1. The third-order valence-electron chi connectivity index (χ3n) is 2.73. The minimum Gasteiger partial charge on any atom is -0.388 e. The Balaban J connectivity index is 2.06. The van der Waals surface area contributed by atoms with E-state index in [0.717, 1.165) is 6.42 Å². The Bertz CT molecular complexity index is 511. The van der Waals surface area contributed by atoms with Crippen LogP contribution in [0.1, 0.15) is 18.1 Å². The molecule has 74 valence electrons. The van der Waals surface area contributed by atoms with E-state index in [0.29, 0.717) is 0 Å². The minimum absolute atomic E-state index is 0.106. The second-order valence-electron chi connectivity index (χ2n) is 3.72. The molecular formula is C13H11NO. The van der Waals surface area contributed by atoms with Gasteiger partial charge in [-0.05, 0) is 22.4 Å². The molecule has 1 aliphatic heterocycles. The third kappa shape index (κ3) is 1.48. The van der Waals surface area contributed by atoms with Crippen LogP contribution in [0.15, 0.2) is 47.6 Å². The van der Waals surface area contributed by atoms with Gasteiger partial charge in [0.05, 0.1) is 0 Å². The van der Waals surface area contributed by atoms with Gasteiger partial charge in [0, 0.05) is 12.6 Å². The van der Waals surface area contributed by atoms with E-state index in [-0.39, 0.29) is 6.10 Å². The molecule has 0 saturated carbocycles. The van der Waals surface area contributed by atoms with Crippen molar-refractivity contribution in [1.82, 2.24) is 0 Å². The molecule has 15 heavy (non-hydrogen) atoms. The molecule has 0 aromatic heterocycles. The van der Waals surface area contributed by atoms with E-state index in [9.17, 15) is 0 Å². The summed E-state index contributed by atoms with van der Waals surface area (Å²) < 4.78 is 0. The molecule has 3 rings (SSSR count). The van der Waals surface area contributed by atoms with Crippen molar-refractivity contribution in [2.75, 3.05) is 0 Å². The predicted octanol–water partition coefficient (Wildman–Crippen LogP) is 3.29. The Morgan fingerprint density at radius 2 is 1.93 bits per heavy atom. The van der Waals surface area contributed by atoms with E-state index in [1.807, 2.05) is 6.21 Å². The number of hydrogen-bond acceptors (Lipinski definition) is 2. The van der Waals surface area contributed by atoms with Crippen LogP contribution in [-0.4, -0.2) is 6.21 Å². The van der Waals surface area contributed by atoms with Gasteiger partial charge in [0.2, 0.25) is 0 Å². The van der Waals surface area contributed by atoms with Crippen molar-refractivity contribution in [2.24, 2.45) is 5.16 Å². The van der Waals surface area contributed by atoms with Gasteiger partial charge in [0.15, 0.2) is 6.10 Å². The number of oxime groups is 1. The highest BCUT2D eigenvalue weighted by Gasteiger charge is 2.15. The third-order valence-corrected chi connectivity index (χ3v) is 2.73. The monoisotopic (exact) mass is 197 g/mol. The number of rotatable bonds is 1. The SMILES string of the molecule is C1=NOC(c2ccc3ccccc3c2)C1. The summed E-state index contributed by atoms with van der Waals surface area (Å²) in [5, 5.41) is 6.32. The van der Waals surface area contributed by atoms with E-state index >= 15 is 0 Å². The number of nitrogens with zero attached hydrogens (tertiary/aromatic N) is 1. The smallest absolute Gasteiger partial charge is 0.157 e. The fourth-order valence-corrected chi connectivity index (χ4v) is 1.90. The van der Waals surface area contributed by atoms with Gasteiger partial charge in [0.25, 0.3) is 0 Å². The van der Waals surface area contributed by atoms with E-state index in [1.165, 1.54) is 16.3 Å². The molecule has 2 aromatic rings. The molecule has 2 heteroatoms. The summed E-state index contributed by atoms with van der Waals surface area (Å²) in [5.41, 5.74) is 1.20. The maximum Gasteiger partial charge on any atom is 0.157 e. The van der Waals surface area contributed by atoms with Gasteiger partial charge in [-0.25, -0.2) is 0 Å². The lowest BCUT2D eigenvalue weighted by Gasteiger charge is -2.09. The molecule has 0 radical (unpaired) electrons. The highest BCUT2D eigenvalue weighted by Crippen LogP contribution is 2.27.